The van der Waals surface area contributed by atoms with Gasteiger partial charge in [0, 0.05) is 25.0 Å². The first-order valence-electron chi connectivity index (χ1n) is 7.35. The number of rotatable bonds is 4. The molecule has 3 saturated heterocycles. The van der Waals surface area contributed by atoms with Crippen molar-refractivity contribution in [2.45, 2.75) is 23.8 Å². The molecule has 1 unspecified atom stereocenters. The summed E-state index contributed by atoms with van der Waals surface area (Å²) in [5.41, 5.74) is 0. The fourth-order valence-electron chi connectivity index (χ4n) is 3.43. The van der Waals surface area contributed by atoms with Crippen molar-refractivity contribution in [3.63, 3.8) is 0 Å². The van der Waals surface area contributed by atoms with E-state index in [2.05, 4.69) is 15.5 Å². The van der Waals surface area contributed by atoms with Crippen molar-refractivity contribution in [2.24, 2.45) is 11.8 Å². The van der Waals surface area contributed by atoms with Gasteiger partial charge in [0.1, 0.15) is 0 Å². The van der Waals surface area contributed by atoms with Crippen LogP contribution in [0.15, 0.2) is 35.2 Å². The third-order valence-corrected chi connectivity index (χ3v) is 6.09. The van der Waals surface area contributed by atoms with E-state index in [9.17, 15) is 8.42 Å². The van der Waals surface area contributed by atoms with Gasteiger partial charge in [0.05, 0.1) is 4.90 Å². The molecule has 3 fully saturated rings. The Labute approximate surface area is 126 Å². The van der Waals surface area contributed by atoms with E-state index in [4.69, 9.17) is 6.42 Å². The molecule has 5 heteroatoms. The topological polar surface area (TPSA) is 49.4 Å². The lowest BCUT2D eigenvalue weighted by Crippen LogP contribution is -2.56. The average molecular weight is 304 g/mol. The quantitative estimate of drug-likeness (QED) is 0.853. The van der Waals surface area contributed by atoms with Crippen LogP contribution >= 0.6 is 0 Å². The van der Waals surface area contributed by atoms with Crippen LogP contribution in [0.5, 0.6) is 0 Å². The first-order chi connectivity index (χ1) is 10.1. The second kappa shape index (κ2) is 5.80. The Balaban J connectivity index is 1.63. The fourth-order valence-corrected chi connectivity index (χ4v) is 4.52. The van der Waals surface area contributed by atoms with Crippen LogP contribution in [-0.2, 0) is 10.0 Å². The first-order valence-corrected chi connectivity index (χ1v) is 8.83. The van der Waals surface area contributed by atoms with E-state index < -0.39 is 10.0 Å². The molecule has 0 spiro atoms. The van der Waals surface area contributed by atoms with Gasteiger partial charge in [-0.25, -0.2) is 13.1 Å². The number of fused-ring (bicyclic) bond motifs is 3. The van der Waals surface area contributed by atoms with Crippen LogP contribution in [-0.4, -0.2) is 39.0 Å². The van der Waals surface area contributed by atoms with Gasteiger partial charge in [0.15, 0.2) is 0 Å². The number of nitrogens with zero attached hydrogens (tertiary/aromatic N) is 1. The van der Waals surface area contributed by atoms with Crippen LogP contribution in [0.2, 0.25) is 0 Å². The van der Waals surface area contributed by atoms with E-state index >= 15 is 0 Å². The summed E-state index contributed by atoms with van der Waals surface area (Å²) >= 11 is 0. The molecular weight excluding hydrogens is 284 g/mol. The summed E-state index contributed by atoms with van der Waals surface area (Å²) in [6.07, 6.45) is 7.69. The highest BCUT2D eigenvalue weighted by Gasteiger charge is 2.39. The fraction of sp³-hybridized carbons (Fsp3) is 0.500. The lowest BCUT2D eigenvalue weighted by molar-refractivity contribution is 0.0251. The second-order valence-electron chi connectivity index (χ2n) is 5.87. The number of terminal acetylenes is 1. The van der Waals surface area contributed by atoms with Crippen molar-refractivity contribution in [3.05, 3.63) is 30.3 Å². The molecule has 2 bridgehead atoms. The summed E-state index contributed by atoms with van der Waals surface area (Å²) in [6.45, 7) is 2.39. The summed E-state index contributed by atoms with van der Waals surface area (Å²) in [5.74, 6) is 3.76. The van der Waals surface area contributed by atoms with E-state index in [1.165, 1.54) is 0 Å². The molecule has 0 aromatic heterocycles. The zero-order valence-electron chi connectivity index (χ0n) is 11.9. The largest absolute Gasteiger partial charge is 0.298 e. The van der Waals surface area contributed by atoms with Crippen LogP contribution < -0.4 is 4.72 Å². The van der Waals surface area contributed by atoms with Crippen molar-refractivity contribution < 1.29 is 8.42 Å². The van der Waals surface area contributed by atoms with E-state index in [1.54, 1.807) is 24.3 Å². The molecule has 3 heterocycles. The zero-order chi connectivity index (χ0) is 14.9. The van der Waals surface area contributed by atoms with Gasteiger partial charge in [0.25, 0.3) is 0 Å². The minimum atomic E-state index is -3.41. The highest BCUT2D eigenvalue weighted by atomic mass is 32.2. The predicted octanol–water partition coefficient (Wildman–Crippen LogP) is 1.31. The van der Waals surface area contributed by atoms with Gasteiger partial charge >= 0.3 is 0 Å². The molecule has 0 amide bonds. The Morgan fingerprint density at radius 1 is 1.33 bits per heavy atom. The van der Waals surface area contributed by atoms with E-state index in [0.29, 0.717) is 23.3 Å². The molecule has 112 valence electrons. The normalized spacial score (nSPS) is 31.8. The molecule has 21 heavy (non-hydrogen) atoms. The van der Waals surface area contributed by atoms with Crippen molar-refractivity contribution in [2.75, 3.05) is 19.6 Å². The number of piperidine rings is 3. The molecule has 0 radical (unpaired) electrons. The monoisotopic (exact) mass is 304 g/mol. The molecule has 1 N–H and O–H groups in total. The lowest BCUT2D eigenvalue weighted by atomic mass is 9.76. The van der Waals surface area contributed by atoms with E-state index in [-0.39, 0.29) is 6.04 Å². The zero-order valence-corrected chi connectivity index (χ0v) is 12.7. The maximum Gasteiger partial charge on any atom is 0.240 e. The molecule has 1 aromatic rings. The standard InChI is InChI=1S/C16H20N2O2S/c1-2-13-12-18-9-8-14(13)10-15(18)11-17-21(19,20)16-6-4-3-5-7-16/h1,3-7,13-15,17H,8-12H2/t13-,14-,15+/m0/s1. The Morgan fingerprint density at radius 2 is 2.10 bits per heavy atom. The van der Waals surface area contributed by atoms with Crippen molar-refractivity contribution >= 4 is 10.0 Å². The average Bonchev–Trinajstić information content (AvgIpc) is 2.54. The van der Waals surface area contributed by atoms with Crippen LogP contribution in [0.1, 0.15) is 12.8 Å². The number of nitrogens with one attached hydrogen (secondary N) is 1. The van der Waals surface area contributed by atoms with Crippen LogP contribution in [0.3, 0.4) is 0 Å². The number of sulfonamides is 1. The number of benzene rings is 1. The van der Waals surface area contributed by atoms with Crippen molar-refractivity contribution in [3.8, 4) is 12.3 Å². The second-order valence-corrected chi connectivity index (χ2v) is 7.64. The van der Waals surface area contributed by atoms with E-state index in [1.807, 2.05) is 6.07 Å². The maximum atomic E-state index is 12.2. The van der Waals surface area contributed by atoms with Crippen molar-refractivity contribution in [1.29, 1.82) is 0 Å². The summed E-state index contributed by atoms with van der Waals surface area (Å²) in [5, 5.41) is 0. The highest BCUT2D eigenvalue weighted by Crippen LogP contribution is 2.35. The Kier molecular flexibility index (Phi) is 4.03. The highest BCUT2D eigenvalue weighted by molar-refractivity contribution is 7.89. The summed E-state index contributed by atoms with van der Waals surface area (Å²) in [4.78, 5) is 2.65. The lowest BCUT2D eigenvalue weighted by Gasteiger charge is -2.48. The van der Waals surface area contributed by atoms with Gasteiger partial charge in [-0.1, -0.05) is 18.2 Å². The molecule has 1 aromatic carbocycles. The molecule has 4 rings (SSSR count). The van der Waals surface area contributed by atoms with Gasteiger partial charge in [-0.15, -0.1) is 12.3 Å². The molecule has 3 aliphatic rings. The van der Waals surface area contributed by atoms with Gasteiger partial charge in [-0.2, -0.15) is 0 Å². The summed E-state index contributed by atoms with van der Waals surface area (Å²) < 4.78 is 27.2. The molecule has 4 nitrogen and oxygen atoms in total. The SMILES string of the molecule is C#C[C@H]1CN2CC[C@H]1C[C@@H]2CNS(=O)(=O)c1ccccc1. The van der Waals surface area contributed by atoms with Gasteiger partial charge in [-0.3, -0.25) is 4.90 Å². The number of hydrogen-bond acceptors (Lipinski definition) is 3. The first kappa shape index (κ1) is 14.6. The minimum Gasteiger partial charge on any atom is -0.298 e. The van der Waals surface area contributed by atoms with Crippen LogP contribution in [0.25, 0.3) is 0 Å². The smallest absolute Gasteiger partial charge is 0.240 e. The van der Waals surface area contributed by atoms with Crippen LogP contribution in [0.4, 0.5) is 0 Å². The Bertz CT molecular complexity index is 636. The Morgan fingerprint density at radius 3 is 2.71 bits per heavy atom. The molecular formula is C16H20N2O2S. The molecule has 0 aliphatic carbocycles. The van der Waals surface area contributed by atoms with Gasteiger partial charge < -0.3 is 0 Å². The van der Waals surface area contributed by atoms with E-state index in [0.717, 1.165) is 25.9 Å². The third-order valence-electron chi connectivity index (χ3n) is 4.66. The van der Waals surface area contributed by atoms with Crippen molar-refractivity contribution in [1.82, 2.24) is 9.62 Å². The van der Waals surface area contributed by atoms with Gasteiger partial charge in [-0.05, 0) is 37.4 Å². The maximum absolute atomic E-state index is 12.2. The van der Waals surface area contributed by atoms with Gasteiger partial charge in [0.2, 0.25) is 10.0 Å². The third kappa shape index (κ3) is 2.98. The minimum absolute atomic E-state index is 0.270. The predicted molar refractivity (Wildman–Crippen MR) is 82.0 cm³/mol. The van der Waals surface area contributed by atoms with Crippen LogP contribution in [0, 0.1) is 24.2 Å². The Hall–Kier alpha value is -1.35. The summed E-state index contributed by atoms with van der Waals surface area (Å²) in [6, 6.07) is 8.78. The number of hydrogen-bond donors (Lipinski definition) is 1. The molecule has 4 atom stereocenters. The molecule has 0 saturated carbocycles. The molecule has 3 aliphatic heterocycles. The summed E-state index contributed by atoms with van der Waals surface area (Å²) in [7, 11) is -3.41.